The van der Waals surface area contributed by atoms with Crippen LogP contribution in [-0.4, -0.2) is 41.5 Å². The van der Waals surface area contributed by atoms with Crippen LogP contribution in [0.25, 0.3) is 11.1 Å². The molecule has 0 saturated heterocycles. The summed E-state index contributed by atoms with van der Waals surface area (Å²) >= 11 is 0. The van der Waals surface area contributed by atoms with E-state index in [4.69, 9.17) is 15.6 Å². The number of aryl methyl sites for hydroxylation is 1. The predicted octanol–water partition coefficient (Wildman–Crippen LogP) is 3.49. The Labute approximate surface area is 203 Å². The second-order valence-electron chi connectivity index (χ2n) is 8.95. The van der Waals surface area contributed by atoms with Crippen molar-refractivity contribution in [3.63, 3.8) is 0 Å². The molecule has 10 heteroatoms. The van der Waals surface area contributed by atoms with Gasteiger partial charge >= 0.3 is 0 Å². The molecule has 9 nitrogen and oxygen atoms in total. The second-order valence-corrected chi connectivity index (χ2v) is 8.95. The van der Waals surface area contributed by atoms with E-state index in [1.807, 2.05) is 25.1 Å². The molecule has 0 aliphatic carbocycles. The molecular formula is C25H25BN8O. The molecule has 2 aromatic heterocycles. The standard InChI is InChI=1S/C25H25BN8O/c1-34(2)24-21(22(28)17-5-6-20-19(10-17)33-25(29)35-20)23(31-14-32-24)30-12-15-3-4-18-11-26(13-27)8-7-16(18)9-15/h3-6,9-10,14,28H,7-8,11-12H2,1-2H3,(H2,29,33)(H,30,31,32). The van der Waals surface area contributed by atoms with E-state index in [-0.39, 0.29) is 18.4 Å². The van der Waals surface area contributed by atoms with Gasteiger partial charge in [0.2, 0.25) is 0 Å². The van der Waals surface area contributed by atoms with Crippen molar-refractivity contribution in [3.05, 3.63) is 70.5 Å². The summed E-state index contributed by atoms with van der Waals surface area (Å²) in [5.41, 5.74) is 12.1. The normalized spacial score (nSPS) is 12.8. The number of oxazole rings is 1. The second kappa shape index (κ2) is 9.10. The Kier molecular flexibility index (Phi) is 5.83. The van der Waals surface area contributed by atoms with Crippen LogP contribution in [0.1, 0.15) is 27.8 Å². The Balaban J connectivity index is 1.44. The number of rotatable bonds is 6. The smallest absolute Gasteiger partial charge is 0.292 e. The van der Waals surface area contributed by atoms with E-state index in [2.05, 4.69) is 44.4 Å². The van der Waals surface area contributed by atoms with Crippen LogP contribution in [0.5, 0.6) is 0 Å². The monoisotopic (exact) mass is 464 g/mol. The molecule has 2 aromatic carbocycles. The molecule has 4 aromatic rings. The number of nitrogens with zero attached hydrogens (tertiary/aromatic N) is 5. The average Bonchev–Trinajstić information content (AvgIpc) is 3.25. The summed E-state index contributed by atoms with van der Waals surface area (Å²) in [6, 6.07) is 11.9. The highest BCUT2D eigenvalue weighted by atomic mass is 16.4. The lowest BCUT2D eigenvalue weighted by Crippen LogP contribution is -2.22. The molecule has 0 radical (unpaired) electrons. The van der Waals surface area contributed by atoms with E-state index in [0.717, 1.165) is 24.6 Å². The minimum atomic E-state index is 0.0938. The maximum absolute atomic E-state index is 9.24. The number of anilines is 3. The first kappa shape index (κ1) is 22.4. The van der Waals surface area contributed by atoms with Gasteiger partial charge in [-0.1, -0.05) is 30.1 Å². The zero-order valence-electron chi connectivity index (χ0n) is 19.7. The van der Waals surface area contributed by atoms with Gasteiger partial charge in [0.1, 0.15) is 23.5 Å². The Morgan fingerprint density at radius 1 is 1.23 bits per heavy atom. The molecular weight excluding hydrogens is 439 g/mol. The third-order valence-electron chi connectivity index (χ3n) is 6.34. The average molecular weight is 464 g/mol. The van der Waals surface area contributed by atoms with E-state index in [1.54, 1.807) is 12.1 Å². The maximum atomic E-state index is 9.24. The molecule has 0 fully saturated rings. The molecule has 174 valence electrons. The Bertz CT molecular complexity index is 1470. The summed E-state index contributed by atoms with van der Waals surface area (Å²) in [5, 5.41) is 21.7. The van der Waals surface area contributed by atoms with Gasteiger partial charge in [0.15, 0.2) is 5.58 Å². The zero-order chi connectivity index (χ0) is 24.5. The van der Waals surface area contributed by atoms with Gasteiger partial charge in [0, 0.05) is 32.2 Å². The lowest BCUT2D eigenvalue weighted by molar-refractivity contribution is 0.626. The topological polar surface area (TPSA) is 141 Å². The predicted molar refractivity (Wildman–Crippen MR) is 138 cm³/mol. The minimum Gasteiger partial charge on any atom is -0.424 e. The zero-order valence-corrected chi connectivity index (χ0v) is 19.7. The van der Waals surface area contributed by atoms with Crippen LogP contribution in [-0.2, 0) is 19.3 Å². The largest absolute Gasteiger partial charge is 0.424 e. The fourth-order valence-corrected chi connectivity index (χ4v) is 4.54. The van der Waals surface area contributed by atoms with Crippen molar-refractivity contribution in [1.29, 1.82) is 10.7 Å². The van der Waals surface area contributed by atoms with Gasteiger partial charge in [-0.05, 0) is 42.1 Å². The van der Waals surface area contributed by atoms with Crippen molar-refractivity contribution < 1.29 is 4.42 Å². The van der Waals surface area contributed by atoms with Crippen LogP contribution < -0.4 is 16.0 Å². The fraction of sp³-hybridized carbons (Fsp3) is 0.240. The molecule has 1 aliphatic heterocycles. The molecule has 0 spiro atoms. The summed E-state index contributed by atoms with van der Waals surface area (Å²) in [7, 11) is 3.78. The van der Waals surface area contributed by atoms with E-state index >= 15 is 0 Å². The molecule has 3 heterocycles. The third-order valence-corrected chi connectivity index (χ3v) is 6.34. The number of hydrogen-bond acceptors (Lipinski definition) is 9. The van der Waals surface area contributed by atoms with Crippen molar-refractivity contribution in [1.82, 2.24) is 15.0 Å². The number of nitrogens with two attached hydrogens (primary N) is 1. The number of nitrogen functional groups attached to an aromatic ring is 1. The molecule has 0 saturated carbocycles. The first-order valence-corrected chi connectivity index (χ1v) is 11.4. The number of aromatic nitrogens is 3. The van der Waals surface area contributed by atoms with Crippen molar-refractivity contribution in [3.8, 4) is 5.97 Å². The molecule has 4 N–H and O–H groups in total. The van der Waals surface area contributed by atoms with Crippen LogP contribution in [0, 0.1) is 16.6 Å². The van der Waals surface area contributed by atoms with Gasteiger partial charge in [-0.3, -0.25) is 5.41 Å². The van der Waals surface area contributed by atoms with Crippen LogP contribution in [0.2, 0.25) is 6.32 Å². The summed E-state index contributed by atoms with van der Waals surface area (Å²) in [4.78, 5) is 15.0. The minimum absolute atomic E-state index is 0.0938. The third kappa shape index (κ3) is 4.40. The van der Waals surface area contributed by atoms with Gasteiger partial charge in [-0.2, -0.15) is 4.98 Å². The van der Waals surface area contributed by atoms with Gasteiger partial charge in [0.25, 0.3) is 12.7 Å². The highest BCUT2D eigenvalue weighted by Gasteiger charge is 2.23. The Morgan fingerprint density at radius 3 is 2.89 bits per heavy atom. The van der Waals surface area contributed by atoms with Gasteiger partial charge < -0.3 is 20.4 Å². The molecule has 0 atom stereocenters. The summed E-state index contributed by atoms with van der Waals surface area (Å²) in [6.45, 7) is 0.663. The lowest BCUT2D eigenvalue weighted by Gasteiger charge is -2.21. The maximum Gasteiger partial charge on any atom is 0.292 e. The van der Waals surface area contributed by atoms with E-state index < -0.39 is 0 Å². The quantitative estimate of drug-likeness (QED) is 0.291. The van der Waals surface area contributed by atoms with Crippen molar-refractivity contribution in [2.45, 2.75) is 25.6 Å². The number of nitrogens with one attached hydrogen (secondary N) is 2. The van der Waals surface area contributed by atoms with Crippen molar-refractivity contribution in [2.24, 2.45) is 0 Å². The van der Waals surface area contributed by atoms with Crippen LogP contribution in [0.4, 0.5) is 17.7 Å². The van der Waals surface area contributed by atoms with Crippen molar-refractivity contribution >= 4 is 41.2 Å². The Morgan fingerprint density at radius 2 is 2.09 bits per heavy atom. The lowest BCUT2D eigenvalue weighted by atomic mass is 9.42. The van der Waals surface area contributed by atoms with Gasteiger partial charge in [-0.15, -0.1) is 0 Å². The van der Waals surface area contributed by atoms with E-state index in [1.165, 1.54) is 17.5 Å². The molecule has 35 heavy (non-hydrogen) atoms. The van der Waals surface area contributed by atoms with Gasteiger partial charge in [-0.25, -0.2) is 15.2 Å². The van der Waals surface area contributed by atoms with Crippen LogP contribution in [0.3, 0.4) is 0 Å². The first-order valence-electron chi connectivity index (χ1n) is 11.4. The van der Waals surface area contributed by atoms with Crippen LogP contribution in [0.15, 0.2) is 47.1 Å². The molecule has 0 bridgehead atoms. The molecule has 1 aliphatic rings. The van der Waals surface area contributed by atoms with E-state index in [0.29, 0.717) is 40.4 Å². The fourth-order valence-electron chi connectivity index (χ4n) is 4.54. The number of nitriles is 1. The highest BCUT2D eigenvalue weighted by Crippen LogP contribution is 2.28. The van der Waals surface area contributed by atoms with E-state index in [9.17, 15) is 5.26 Å². The SMILES string of the molecule is CN(C)c1ncnc(NCc2ccc3c(c2)CCB(C#N)C3)c1C(=N)c1ccc2oc(N)nc2c1. The number of fused-ring (bicyclic) bond motifs is 2. The summed E-state index contributed by atoms with van der Waals surface area (Å²) in [6.07, 6.45) is 4.15. The molecule has 0 amide bonds. The van der Waals surface area contributed by atoms with Gasteiger partial charge in [0.05, 0.1) is 11.3 Å². The Hall–Kier alpha value is -4.39. The molecule has 0 unspecified atom stereocenters. The number of benzene rings is 2. The van der Waals surface area contributed by atoms with Crippen molar-refractivity contribution in [2.75, 3.05) is 30.0 Å². The summed E-state index contributed by atoms with van der Waals surface area (Å²) < 4.78 is 5.37. The summed E-state index contributed by atoms with van der Waals surface area (Å²) in [5.74, 6) is 3.61. The highest BCUT2D eigenvalue weighted by molar-refractivity contribution is 6.66. The van der Waals surface area contributed by atoms with Crippen LogP contribution >= 0.6 is 0 Å². The molecule has 5 rings (SSSR count). The number of hydrogen-bond donors (Lipinski definition) is 3. The first-order chi connectivity index (χ1) is 16.9.